The zero-order chi connectivity index (χ0) is 16.4. The van der Waals surface area contributed by atoms with E-state index in [1.807, 2.05) is 0 Å². The van der Waals surface area contributed by atoms with Gasteiger partial charge in [0.05, 0.1) is 12.8 Å². The van der Waals surface area contributed by atoms with Crippen molar-refractivity contribution in [2.45, 2.75) is 6.92 Å². The first-order valence-electron chi connectivity index (χ1n) is 6.94. The third-order valence-electron chi connectivity index (χ3n) is 3.26. The highest BCUT2D eigenvalue weighted by Gasteiger charge is 2.20. The van der Waals surface area contributed by atoms with E-state index in [2.05, 4.69) is 15.4 Å². The maximum absolute atomic E-state index is 12.4. The van der Waals surface area contributed by atoms with E-state index < -0.39 is 5.97 Å². The minimum Gasteiger partial charge on any atom is -0.462 e. The molecule has 3 rings (SSSR count). The molecule has 0 aliphatic carbocycles. The van der Waals surface area contributed by atoms with Crippen LogP contribution < -0.4 is 5.32 Å². The first-order chi connectivity index (χ1) is 11.1. The Morgan fingerprint density at radius 1 is 1.39 bits per heavy atom. The van der Waals surface area contributed by atoms with Crippen molar-refractivity contribution in [3.8, 4) is 0 Å². The van der Waals surface area contributed by atoms with E-state index in [0.29, 0.717) is 16.7 Å². The fraction of sp³-hybridized carbons (Fsp3) is 0.200. The van der Waals surface area contributed by atoms with Gasteiger partial charge >= 0.3 is 5.97 Å². The number of anilines is 1. The van der Waals surface area contributed by atoms with Gasteiger partial charge in [-0.05, 0) is 25.1 Å². The number of hydrogen-bond acceptors (Lipinski definition) is 6. The van der Waals surface area contributed by atoms with Gasteiger partial charge in [0.2, 0.25) is 0 Å². The Hall–Kier alpha value is -3.16. The summed E-state index contributed by atoms with van der Waals surface area (Å²) in [6, 6.07) is 4.88. The summed E-state index contributed by atoms with van der Waals surface area (Å²) < 4.78 is 11.5. The molecule has 2 heterocycles. The molecule has 0 aliphatic heterocycles. The zero-order valence-electron chi connectivity index (χ0n) is 12.6. The molecule has 1 aromatic carbocycles. The van der Waals surface area contributed by atoms with Crippen LogP contribution in [0.4, 0.5) is 5.82 Å². The molecule has 23 heavy (non-hydrogen) atoms. The van der Waals surface area contributed by atoms with E-state index in [4.69, 9.17) is 9.15 Å². The van der Waals surface area contributed by atoms with Crippen molar-refractivity contribution >= 4 is 28.8 Å². The van der Waals surface area contributed by atoms with Crippen LogP contribution in [-0.2, 0) is 11.8 Å². The number of nitrogens with zero attached hydrogens (tertiary/aromatic N) is 3. The van der Waals surface area contributed by atoms with E-state index in [9.17, 15) is 9.59 Å². The molecule has 2 aromatic heterocycles. The summed E-state index contributed by atoms with van der Waals surface area (Å²) in [6.07, 6.45) is 2.67. The van der Waals surface area contributed by atoms with E-state index >= 15 is 0 Å². The fourth-order valence-electron chi connectivity index (χ4n) is 2.12. The summed E-state index contributed by atoms with van der Waals surface area (Å²) in [4.78, 5) is 28.3. The number of carbonyl (C=O) groups excluding carboxylic acids is 2. The van der Waals surface area contributed by atoms with Gasteiger partial charge in [0.1, 0.15) is 16.9 Å². The lowest BCUT2D eigenvalue weighted by atomic mass is 10.2. The molecule has 118 valence electrons. The number of oxazole rings is 1. The highest BCUT2D eigenvalue weighted by molar-refractivity contribution is 6.08. The Labute approximate surface area is 131 Å². The number of benzene rings is 1. The Bertz CT molecular complexity index is 881. The molecule has 0 unspecified atom stereocenters. The molecular formula is C15H14N4O4. The molecular weight excluding hydrogens is 300 g/mol. The minimum absolute atomic E-state index is 0.199. The average Bonchev–Trinajstić information content (AvgIpc) is 3.14. The Kier molecular flexibility index (Phi) is 3.80. The predicted octanol–water partition coefficient (Wildman–Crippen LogP) is 1.99. The molecule has 8 heteroatoms. The number of hydrogen-bond donors (Lipinski definition) is 1. The van der Waals surface area contributed by atoms with Gasteiger partial charge in [0.25, 0.3) is 5.91 Å². The summed E-state index contributed by atoms with van der Waals surface area (Å²) in [5.74, 6) is -0.652. The largest absolute Gasteiger partial charge is 0.462 e. The first kappa shape index (κ1) is 14.8. The molecule has 0 saturated heterocycles. The highest BCUT2D eigenvalue weighted by atomic mass is 16.5. The number of nitrogens with one attached hydrogen (secondary N) is 1. The van der Waals surface area contributed by atoms with Gasteiger partial charge in [-0.3, -0.25) is 9.48 Å². The van der Waals surface area contributed by atoms with Crippen molar-refractivity contribution in [3.05, 3.63) is 41.9 Å². The molecule has 0 bridgehead atoms. The lowest BCUT2D eigenvalue weighted by molar-refractivity contribution is 0.0527. The third kappa shape index (κ3) is 2.78. The Morgan fingerprint density at radius 2 is 2.22 bits per heavy atom. The van der Waals surface area contributed by atoms with Gasteiger partial charge < -0.3 is 14.5 Å². The minimum atomic E-state index is -0.539. The summed E-state index contributed by atoms with van der Waals surface area (Å²) in [5.41, 5.74) is 1.76. The number of amides is 1. The van der Waals surface area contributed by atoms with Crippen LogP contribution in [0.3, 0.4) is 0 Å². The molecule has 1 amide bonds. The Morgan fingerprint density at radius 3 is 3.00 bits per heavy atom. The highest BCUT2D eigenvalue weighted by Crippen LogP contribution is 2.18. The van der Waals surface area contributed by atoms with Crippen molar-refractivity contribution in [1.82, 2.24) is 14.8 Å². The monoisotopic (exact) mass is 314 g/mol. The molecule has 8 nitrogen and oxygen atoms in total. The number of rotatable bonds is 4. The molecule has 0 radical (unpaired) electrons. The van der Waals surface area contributed by atoms with E-state index in [1.54, 1.807) is 32.2 Å². The van der Waals surface area contributed by atoms with Gasteiger partial charge in [-0.15, -0.1) is 0 Å². The summed E-state index contributed by atoms with van der Waals surface area (Å²) in [7, 11) is 1.62. The van der Waals surface area contributed by atoms with Crippen LogP contribution in [0, 0.1) is 0 Å². The molecule has 0 aliphatic rings. The van der Waals surface area contributed by atoms with Crippen LogP contribution in [0.15, 0.2) is 35.2 Å². The van der Waals surface area contributed by atoms with Crippen molar-refractivity contribution in [1.29, 1.82) is 0 Å². The van der Waals surface area contributed by atoms with E-state index in [0.717, 1.165) is 0 Å². The molecule has 0 fully saturated rings. The van der Waals surface area contributed by atoms with Crippen molar-refractivity contribution in [2.75, 3.05) is 11.9 Å². The quantitative estimate of drug-likeness (QED) is 0.739. The normalized spacial score (nSPS) is 10.7. The predicted molar refractivity (Wildman–Crippen MR) is 81.1 cm³/mol. The maximum Gasteiger partial charge on any atom is 0.343 e. The molecule has 3 aromatic rings. The zero-order valence-corrected chi connectivity index (χ0v) is 12.6. The molecule has 0 saturated carbocycles. The van der Waals surface area contributed by atoms with Crippen LogP contribution in [0.2, 0.25) is 0 Å². The number of esters is 1. The van der Waals surface area contributed by atoms with Crippen LogP contribution in [0.25, 0.3) is 11.1 Å². The summed E-state index contributed by atoms with van der Waals surface area (Å²) in [6.45, 7) is 1.95. The molecule has 0 atom stereocenters. The number of aryl methyl sites for hydroxylation is 1. The third-order valence-corrected chi connectivity index (χ3v) is 3.26. The lowest BCUT2D eigenvalue weighted by Gasteiger charge is -2.08. The van der Waals surface area contributed by atoms with Crippen molar-refractivity contribution < 1.29 is 18.7 Å². The number of aromatic nitrogens is 3. The van der Waals surface area contributed by atoms with Gasteiger partial charge in [-0.25, -0.2) is 9.78 Å². The molecule has 1 N–H and O–H groups in total. The first-order valence-corrected chi connectivity index (χ1v) is 6.94. The summed E-state index contributed by atoms with van der Waals surface area (Å²) >= 11 is 0. The van der Waals surface area contributed by atoms with Crippen LogP contribution in [-0.4, -0.2) is 33.2 Å². The van der Waals surface area contributed by atoms with Gasteiger partial charge in [-0.1, -0.05) is 0 Å². The standard InChI is InChI=1S/C15H14N4O4/c1-3-22-15(21)10-7-17-19(2)13(10)18-14(20)9-4-5-12-11(6-9)16-8-23-12/h4-8H,3H2,1-2H3,(H,18,20). The van der Waals surface area contributed by atoms with E-state index in [-0.39, 0.29) is 23.9 Å². The van der Waals surface area contributed by atoms with Crippen molar-refractivity contribution in [3.63, 3.8) is 0 Å². The Balaban J connectivity index is 1.87. The number of ether oxygens (including phenoxy) is 1. The lowest BCUT2D eigenvalue weighted by Crippen LogP contribution is -2.17. The van der Waals surface area contributed by atoms with Crippen LogP contribution in [0.5, 0.6) is 0 Å². The fourth-order valence-corrected chi connectivity index (χ4v) is 2.12. The smallest absolute Gasteiger partial charge is 0.343 e. The second-order valence-corrected chi connectivity index (χ2v) is 4.74. The number of fused-ring (bicyclic) bond motifs is 1. The SMILES string of the molecule is CCOC(=O)c1cnn(C)c1NC(=O)c1ccc2ocnc2c1. The maximum atomic E-state index is 12.4. The van der Waals surface area contributed by atoms with E-state index in [1.165, 1.54) is 17.3 Å². The average molecular weight is 314 g/mol. The summed E-state index contributed by atoms with van der Waals surface area (Å²) in [5, 5.41) is 6.66. The van der Waals surface area contributed by atoms with Crippen LogP contribution >= 0.6 is 0 Å². The molecule has 0 spiro atoms. The second kappa shape index (κ2) is 5.91. The van der Waals surface area contributed by atoms with Gasteiger partial charge in [0.15, 0.2) is 12.0 Å². The van der Waals surface area contributed by atoms with Gasteiger partial charge in [0, 0.05) is 12.6 Å². The number of carbonyl (C=O) groups is 2. The van der Waals surface area contributed by atoms with Crippen LogP contribution in [0.1, 0.15) is 27.6 Å². The topological polar surface area (TPSA) is 99.2 Å². The van der Waals surface area contributed by atoms with Crippen molar-refractivity contribution in [2.24, 2.45) is 7.05 Å². The van der Waals surface area contributed by atoms with Gasteiger partial charge in [-0.2, -0.15) is 5.10 Å². The second-order valence-electron chi connectivity index (χ2n) is 4.74.